The molecule has 24 heavy (non-hydrogen) atoms. The van der Waals surface area contributed by atoms with E-state index in [0.29, 0.717) is 17.3 Å². The molecule has 0 unspecified atom stereocenters. The van der Waals surface area contributed by atoms with Crippen LogP contribution in [0.25, 0.3) is 0 Å². The number of anilines is 1. The Kier molecular flexibility index (Phi) is 5.02. The number of ether oxygens (including phenoxy) is 1. The Balaban J connectivity index is 1.59. The molecule has 0 aliphatic carbocycles. The molecule has 0 atom stereocenters. The monoisotopic (exact) mass is 341 g/mol. The summed E-state index contributed by atoms with van der Waals surface area (Å²) in [6.45, 7) is 0.115. The highest BCUT2D eigenvalue weighted by Crippen LogP contribution is 2.11. The lowest BCUT2D eigenvalue weighted by Gasteiger charge is -2.04. The van der Waals surface area contributed by atoms with E-state index in [4.69, 9.17) is 21.4 Å². The Bertz CT molecular complexity index is 860. The van der Waals surface area contributed by atoms with Gasteiger partial charge in [-0.05, 0) is 36.5 Å². The molecule has 1 amide bonds. The Morgan fingerprint density at radius 2 is 1.79 bits per heavy atom. The first-order chi connectivity index (χ1) is 11.7. The molecule has 0 aliphatic rings. The molecule has 7 heteroatoms. The van der Waals surface area contributed by atoms with Crippen molar-refractivity contribution < 1.29 is 13.9 Å². The fourth-order valence-corrected chi connectivity index (χ4v) is 2.23. The molecule has 0 fully saturated rings. The Labute approximate surface area is 143 Å². The number of para-hydroxylation sites is 2. The fourth-order valence-electron chi connectivity index (χ4n) is 2.03. The second-order valence-electron chi connectivity index (χ2n) is 4.94. The van der Waals surface area contributed by atoms with Crippen molar-refractivity contribution in [3.8, 4) is 5.75 Å². The van der Waals surface area contributed by atoms with Crippen LogP contribution in [0.5, 0.6) is 5.75 Å². The van der Waals surface area contributed by atoms with E-state index in [0.717, 1.165) is 0 Å². The molecule has 0 saturated heterocycles. The van der Waals surface area contributed by atoms with E-state index in [1.165, 1.54) is 4.68 Å². The van der Waals surface area contributed by atoms with Crippen LogP contribution in [-0.2, 0) is 17.9 Å². The van der Waals surface area contributed by atoms with Gasteiger partial charge in [0, 0.05) is 5.69 Å². The topological polar surface area (TPSA) is 69.3 Å². The summed E-state index contributed by atoms with van der Waals surface area (Å²) in [5.74, 6) is 0.785. The number of hydrogen-bond acceptors (Lipinski definition) is 5. The maximum atomic E-state index is 12.0. The molecule has 0 aliphatic heterocycles. The standard InChI is InChI=1S/C17H15N3O3S/c21-15(18-13-7-3-1-4-8-13)11-20-17(24)23-16(19-20)12-22-14-9-5-2-6-10-14/h1-10H,11-12H2,(H,18,21). The molecule has 6 nitrogen and oxygen atoms in total. The molecule has 3 rings (SSSR count). The molecular weight excluding hydrogens is 326 g/mol. The summed E-state index contributed by atoms with van der Waals surface area (Å²) in [5, 5.41) is 6.93. The first-order valence-corrected chi connectivity index (χ1v) is 7.71. The van der Waals surface area contributed by atoms with E-state index in [2.05, 4.69) is 10.4 Å². The average Bonchev–Trinajstić information content (AvgIpc) is 2.94. The van der Waals surface area contributed by atoms with E-state index < -0.39 is 0 Å². The van der Waals surface area contributed by atoms with Crippen molar-refractivity contribution in [2.24, 2.45) is 0 Å². The zero-order chi connectivity index (χ0) is 16.8. The van der Waals surface area contributed by atoms with E-state index in [-0.39, 0.29) is 23.9 Å². The number of rotatable bonds is 6. The van der Waals surface area contributed by atoms with Gasteiger partial charge in [-0.1, -0.05) is 36.4 Å². The average molecular weight is 341 g/mol. The molecule has 1 N–H and O–H groups in total. The van der Waals surface area contributed by atoms with Gasteiger partial charge in [0.15, 0.2) is 6.61 Å². The highest BCUT2D eigenvalue weighted by Gasteiger charge is 2.10. The summed E-state index contributed by atoms with van der Waals surface area (Å²) >= 11 is 5.09. The van der Waals surface area contributed by atoms with Crippen molar-refractivity contribution in [1.29, 1.82) is 0 Å². The molecule has 2 aromatic carbocycles. The minimum Gasteiger partial charge on any atom is -0.484 e. The van der Waals surface area contributed by atoms with Crippen LogP contribution in [-0.4, -0.2) is 15.7 Å². The quantitative estimate of drug-likeness (QED) is 0.696. The molecule has 0 saturated carbocycles. The molecule has 1 aromatic heterocycles. The van der Waals surface area contributed by atoms with Gasteiger partial charge in [-0.2, -0.15) is 0 Å². The van der Waals surface area contributed by atoms with Crippen molar-refractivity contribution in [1.82, 2.24) is 9.78 Å². The predicted molar refractivity (Wildman–Crippen MR) is 91.2 cm³/mol. The fraction of sp³-hybridized carbons (Fsp3) is 0.118. The van der Waals surface area contributed by atoms with Crippen LogP contribution < -0.4 is 10.1 Å². The van der Waals surface area contributed by atoms with Crippen LogP contribution in [0.3, 0.4) is 0 Å². The van der Waals surface area contributed by atoms with E-state index in [1.54, 1.807) is 12.1 Å². The van der Waals surface area contributed by atoms with Gasteiger partial charge in [0.05, 0.1) is 0 Å². The third-order valence-electron chi connectivity index (χ3n) is 3.10. The number of benzene rings is 2. The maximum absolute atomic E-state index is 12.0. The van der Waals surface area contributed by atoms with Gasteiger partial charge in [-0.3, -0.25) is 4.79 Å². The predicted octanol–water partition coefficient (Wildman–Crippen LogP) is 3.42. The largest absolute Gasteiger partial charge is 0.484 e. The normalized spacial score (nSPS) is 10.3. The first-order valence-electron chi connectivity index (χ1n) is 7.30. The van der Waals surface area contributed by atoms with Gasteiger partial charge in [0.25, 0.3) is 10.7 Å². The molecule has 0 radical (unpaired) electrons. The summed E-state index contributed by atoms with van der Waals surface area (Å²) in [5.41, 5.74) is 0.713. The second-order valence-corrected chi connectivity index (χ2v) is 5.28. The molecular formula is C17H15N3O3S. The highest BCUT2D eigenvalue weighted by atomic mass is 32.1. The van der Waals surface area contributed by atoms with E-state index in [9.17, 15) is 4.79 Å². The lowest BCUT2D eigenvalue weighted by atomic mass is 10.3. The van der Waals surface area contributed by atoms with Crippen molar-refractivity contribution >= 4 is 23.8 Å². The van der Waals surface area contributed by atoms with E-state index in [1.807, 2.05) is 48.5 Å². The smallest absolute Gasteiger partial charge is 0.287 e. The summed E-state index contributed by atoms with van der Waals surface area (Å²) < 4.78 is 12.2. The third-order valence-corrected chi connectivity index (χ3v) is 3.40. The van der Waals surface area contributed by atoms with Gasteiger partial charge in [0.1, 0.15) is 12.3 Å². The molecule has 3 aromatic rings. The van der Waals surface area contributed by atoms with Gasteiger partial charge in [-0.15, -0.1) is 5.10 Å². The lowest BCUT2D eigenvalue weighted by Crippen LogP contribution is -2.19. The van der Waals surface area contributed by atoms with Gasteiger partial charge in [-0.25, -0.2) is 4.68 Å². The highest BCUT2D eigenvalue weighted by molar-refractivity contribution is 7.71. The zero-order valence-electron chi connectivity index (χ0n) is 12.7. The number of nitrogens with one attached hydrogen (secondary N) is 1. The molecule has 1 heterocycles. The summed E-state index contributed by atoms with van der Waals surface area (Å²) in [6.07, 6.45) is 0. The summed E-state index contributed by atoms with van der Waals surface area (Å²) in [6, 6.07) is 18.5. The van der Waals surface area contributed by atoms with Crippen LogP contribution in [0.15, 0.2) is 65.1 Å². The van der Waals surface area contributed by atoms with Crippen LogP contribution >= 0.6 is 12.2 Å². The van der Waals surface area contributed by atoms with Crippen molar-refractivity contribution in [3.05, 3.63) is 71.4 Å². The minimum absolute atomic E-state index is 0.0252. The SMILES string of the molecule is O=C(Cn1nc(COc2ccccc2)oc1=S)Nc1ccccc1. The second kappa shape index (κ2) is 7.56. The van der Waals surface area contributed by atoms with Crippen LogP contribution in [0.2, 0.25) is 0 Å². The van der Waals surface area contributed by atoms with Gasteiger partial charge >= 0.3 is 0 Å². The Hall–Kier alpha value is -2.93. The molecule has 122 valence electrons. The number of amides is 1. The molecule has 0 spiro atoms. The van der Waals surface area contributed by atoms with E-state index >= 15 is 0 Å². The van der Waals surface area contributed by atoms with Crippen molar-refractivity contribution in [2.75, 3.05) is 5.32 Å². The van der Waals surface area contributed by atoms with Crippen molar-refractivity contribution in [2.45, 2.75) is 13.2 Å². The maximum Gasteiger partial charge on any atom is 0.287 e. The zero-order valence-corrected chi connectivity index (χ0v) is 13.5. The minimum atomic E-state index is -0.235. The number of carbonyl (C=O) groups is 1. The van der Waals surface area contributed by atoms with Gasteiger partial charge < -0.3 is 14.5 Å². The lowest BCUT2D eigenvalue weighted by molar-refractivity contribution is -0.117. The number of aromatic nitrogens is 2. The number of carbonyl (C=O) groups excluding carboxylic acids is 1. The van der Waals surface area contributed by atoms with Crippen LogP contribution in [0.4, 0.5) is 5.69 Å². The Morgan fingerprint density at radius 3 is 2.50 bits per heavy atom. The van der Waals surface area contributed by atoms with Gasteiger partial charge in [0.2, 0.25) is 5.91 Å². The third kappa shape index (κ3) is 4.30. The number of hydrogen-bond donors (Lipinski definition) is 1. The Morgan fingerprint density at radius 1 is 1.12 bits per heavy atom. The van der Waals surface area contributed by atoms with Crippen LogP contribution in [0, 0.1) is 4.84 Å². The summed E-state index contributed by atoms with van der Waals surface area (Å²) in [4.78, 5) is 12.2. The summed E-state index contributed by atoms with van der Waals surface area (Å²) in [7, 11) is 0. The number of nitrogens with zero attached hydrogens (tertiary/aromatic N) is 2. The first kappa shape index (κ1) is 15.9. The van der Waals surface area contributed by atoms with Crippen molar-refractivity contribution in [3.63, 3.8) is 0 Å². The van der Waals surface area contributed by atoms with Crippen LogP contribution in [0.1, 0.15) is 5.89 Å². The molecule has 0 bridgehead atoms.